The maximum Gasteiger partial charge on any atom is 0.309 e. The van der Waals surface area contributed by atoms with Crippen molar-refractivity contribution in [1.82, 2.24) is 4.90 Å². The first-order chi connectivity index (χ1) is 35.8. The van der Waals surface area contributed by atoms with E-state index in [-0.39, 0.29) is 66.4 Å². The van der Waals surface area contributed by atoms with Crippen LogP contribution in [0.3, 0.4) is 0 Å². The Labute approximate surface area is 449 Å². The molecule has 0 aliphatic heterocycles. The highest BCUT2D eigenvalue weighted by Crippen LogP contribution is 2.33. The molecule has 10 nitrogen and oxygen atoms in total. The van der Waals surface area contributed by atoms with Crippen LogP contribution in [0.1, 0.15) is 304 Å². The van der Waals surface area contributed by atoms with E-state index < -0.39 is 0 Å². The van der Waals surface area contributed by atoms with E-state index in [1.165, 1.54) is 128 Å². The van der Waals surface area contributed by atoms with Gasteiger partial charge in [-0.25, -0.2) is 0 Å². The van der Waals surface area contributed by atoms with Crippen LogP contribution >= 0.6 is 0 Å². The summed E-state index contributed by atoms with van der Waals surface area (Å²) in [5.74, 6) is -0.790. The largest absolute Gasteiger partial charge is 0.465 e. The lowest BCUT2D eigenvalue weighted by Crippen LogP contribution is -2.30. The Kier molecular flexibility index (Phi) is 43.1. The number of esters is 4. The van der Waals surface area contributed by atoms with Gasteiger partial charge in [-0.05, 0) is 161 Å². The van der Waals surface area contributed by atoms with Gasteiger partial charge in [-0.1, -0.05) is 156 Å². The minimum absolute atomic E-state index is 0.0264. The third kappa shape index (κ3) is 35.0. The van der Waals surface area contributed by atoms with Crippen molar-refractivity contribution in [2.45, 2.75) is 316 Å². The maximum atomic E-state index is 13.3. The highest BCUT2D eigenvalue weighted by Gasteiger charge is 2.34. The minimum Gasteiger partial charge on any atom is -0.465 e. The van der Waals surface area contributed by atoms with Crippen LogP contribution in [0, 0.1) is 23.7 Å². The van der Waals surface area contributed by atoms with Gasteiger partial charge in [0, 0.05) is 13.2 Å². The summed E-state index contributed by atoms with van der Waals surface area (Å²) in [6.07, 6.45) is 45.8. The molecule has 0 bridgehead atoms. The Morgan fingerprint density at radius 3 is 0.918 bits per heavy atom. The van der Waals surface area contributed by atoms with E-state index >= 15 is 0 Å². The summed E-state index contributed by atoms with van der Waals surface area (Å²) in [6, 6.07) is 0. The predicted octanol–water partition coefficient (Wildman–Crippen LogP) is 16.5. The fourth-order valence-corrected chi connectivity index (χ4v) is 11.2. The van der Waals surface area contributed by atoms with E-state index in [9.17, 15) is 24.3 Å². The number of aliphatic hydroxyl groups excluding tert-OH is 1. The van der Waals surface area contributed by atoms with Crippen LogP contribution < -0.4 is 0 Å². The zero-order valence-electron chi connectivity index (χ0n) is 48.3. The number of hydrogen-bond acceptors (Lipinski definition) is 10. The molecule has 2 aliphatic carbocycles. The summed E-state index contributed by atoms with van der Waals surface area (Å²) < 4.78 is 23.9. The van der Waals surface area contributed by atoms with Crippen molar-refractivity contribution >= 4 is 23.9 Å². The molecule has 428 valence electrons. The van der Waals surface area contributed by atoms with Crippen LogP contribution in [0.2, 0.25) is 0 Å². The topological polar surface area (TPSA) is 129 Å². The number of ether oxygens (including phenoxy) is 4. The number of unbranched alkanes of at least 4 members (excludes halogenated alkanes) is 24. The summed E-state index contributed by atoms with van der Waals surface area (Å²) in [4.78, 5) is 55.0. The van der Waals surface area contributed by atoms with E-state index in [1.807, 2.05) is 0 Å². The van der Waals surface area contributed by atoms with E-state index in [2.05, 4.69) is 32.6 Å². The predicted molar refractivity (Wildman–Crippen MR) is 300 cm³/mol. The Hall–Kier alpha value is -2.20. The maximum absolute atomic E-state index is 13.3. The molecule has 0 unspecified atom stereocenters. The van der Waals surface area contributed by atoms with Gasteiger partial charge in [0.2, 0.25) is 0 Å². The van der Waals surface area contributed by atoms with Crippen molar-refractivity contribution in [3.63, 3.8) is 0 Å². The first-order valence-electron chi connectivity index (χ1n) is 31.8. The van der Waals surface area contributed by atoms with Gasteiger partial charge in [0.25, 0.3) is 0 Å². The van der Waals surface area contributed by atoms with E-state index in [0.29, 0.717) is 64.6 Å². The van der Waals surface area contributed by atoms with Gasteiger partial charge in [-0.2, -0.15) is 0 Å². The van der Waals surface area contributed by atoms with E-state index in [0.717, 1.165) is 116 Å². The average Bonchev–Trinajstić information content (AvgIpc) is 3.40. The number of hydrogen-bond donors (Lipinski definition) is 1. The van der Waals surface area contributed by atoms with Crippen LogP contribution in [-0.2, 0) is 38.1 Å². The van der Waals surface area contributed by atoms with Crippen LogP contribution in [0.15, 0.2) is 0 Å². The molecule has 2 aliphatic rings. The zero-order chi connectivity index (χ0) is 52.8. The average molecular weight is 1030 g/mol. The molecule has 2 rings (SSSR count). The van der Waals surface area contributed by atoms with Crippen molar-refractivity contribution in [2.24, 2.45) is 23.7 Å². The second kappa shape index (κ2) is 47.0. The molecule has 0 aromatic carbocycles. The first-order valence-corrected chi connectivity index (χ1v) is 31.8. The number of carbonyl (C=O) groups excluding carboxylic acids is 4. The van der Waals surface area contributed by atoms with Gasteiger partial charge in [-0.15, -0.1) is 0 Å². The third-order valence-corrected chi connectivity index (χ3v) is 16.2. The normalized spacial score (nSPS) is 18.1. The first kappa shape index (κ1) is 66.9. The Morgan fingerprint density at radius 2 is 0.616 bits per heavy atom. The van der Waals surface area contributed by atoms with Crippen molar-refractivity contribution in [3.8, 4) is 0 Å². The molecular formula is C63H117NO9. The third-order valence-electron chi connectivity index (χ3n) is 16.2. The van der Waals surface area contributed by atoms with Crippen molar-refractivity contribution in [2.75, 3.05) is 39.5 Å². The van der Waals surface area contributed by atoms with Gasteiger partial charge in [-0.3, -0.25) is 19.2 Å². The Bertz CT molecular complexity index is 1190. The summed E-state index contributed by atoms with van der Waals surface area (Å²) >= 11 is 0. The lowest BCUT2D eigenvalue weighted by Gasteiger charge is -2.28. The van der Waals surface area contributed by atoms with Gasteiger partial charge >= 0.3 is 23.9 Å². The summed E-state index contributed by atoms with van der Waals surface area (Å²) in [6.45, 7) is 12.8. The molecule has 0 aromatic heterocycles. The summed E-state index contributed by atoms with van der Waals surface area (Å²) in [7, 11) is 0. The Morgan fingerprint density at radius 1 is 0.356 bits per heavy atom. The molecule has 0 saturated heterocycles. The van der Waals surface area contributed by atoms with Gasteiger partial charge in [0.1, 0.15) is 12.2 Å². The molecule has 10 heteroatoms. The van der Waals surface area contributed by atoms with Crippen LogP contribution in [-0.4, -0.2) is 85.5 Å². The molecule has 73 heavy (non-hydrogen) atoms. The van der Waals surface area contributed by atoms with Crippen LogP contribution in [0.4, 0.5) is 0 Å². The van der Waals surface area contributed by atoms with Gasteiger partial charge in [0.15, 0.2) is 0 Å². The fourth-order valence-electron chi connectivity index (χ4n) is 11.2. The fraction of sp³-hybridized carbons (Fsp3) is 0.937. The smallest absolute Gasteiger partial charge is 0.309 e. The molecule has 0 amide bonds. The second-order valence-corrected chi connectivity index (χ2v) is 22.8. The SMILES string of the molecule is CCCCCCCCC(CCCCCCCC)OC(=O)C1CCC(C(=O)OCCCCCN(CCCO)CCCCCOC(=O)C2CCC(C(=O)OC(CCCCCCCC)CCCCCCCC)CC2)CC1. The van der Waals surface area contributed by atoms with Crippen molar-refractivity contribution in [1.29, 1.82) is 0 Å². The standard InChI is InChI=1S/C63H117NO9/c1-5-9-13-17-21-27-36-58(37-28-22-18-14-10-6-2)72-62(68)56-44-40-54(41-45-56)60(66)70-52-33-25-31-48-64(50-35-51-65)49-32-26-34-53-71-61(67)55-42-46-57(47-43-55)63(69)73-59(38-29-23-19-15-11-7-3)39-30-24-20-16-12-8-4/h54-59,65H,5-53H2,1-4H3. The molecule has 0 radical (unpaired) electrons. The Balaban J connectivity index is 1.60. The number of carbonyl (C=O) groups is 4. The van der Waals surface area contributed by atoms with Crippen molar-refractivity contribution in [3.05, 3.63) is 0 Å². The van der Waals surface area contributed by atoms with E-state index in [1.54, 1.807) is 0 Å². The minimum atomic E-state index is -0.127. The molecule has 0 atom stereocenters. The summed E-state index contributed by atoms with van der Waals surface area (Å²) in [5.41, 5.74) is 0. The molecule has 0 spiro atoms. The molecule has 0 heterocycles. The monoisotopic (exact) mass is 1030 g/mol. The highest BCUT2D eigenvalue weighted by molar-refractivity contribution is 5.76. The molecular weight excluding hydrogens is 915 g/mol. The van der Waals surface area contributed by atoms with Gasteiger partial charge in [0.05, 0.1) is 36.9 Å². The van der Waals surface area contributed by atoms with Crippen LogP contribution in [0.5, 0.6) is 0 Å². The van der Waals surface area contributed by atoms with Gasteiger partial charge < -0.3 is 29.0 Å². The lowest BCUT2D eigenvalue weighted by molar-refractivity contribution is -0.159. The number of aliphatic hydroxyl groups is 1. The molecule has 0 aromatic rings. The van der Waals surface area contributed by atoms with Crippen LogP contribution in [0.25, 0.3) is 0 Å². The van der Waals surface area contributed by atoms with Crippen molar-refractivity contribution < 1.29 is 43.2 Å². The number of rotatable bonds is 49. The lowest BCUT2D eigenvalue weighted by atomic mass is 9.82. The molecule has 2 saturated carbocycles. The zero-order valence-corrected chi connectivity index (χ0v) is 48.3. The summed E-state index contributed by atoms with van der Waals surface area (Å²) in [5, 5.41) is 9.53. The quantitative estimate of drug-likeness (QED) is 0.0357. The molecule has 2 fully saturated rings. The number of nitrogens with zero attached hydrogens (tertiary/aromatic N) is 1. The molecule has 1 N–H and O–H groups in total. The van der Waals surface area contributed by atoms with E-state index in [4.69, 9.17) is 18.9 Å². The second-order valence-electron chi connectivity index (χ2n) is 22.8. The highest BCUT2D eigenvalue weighted by atomic mass is 16.6.